The topological polar surface area (TPSA) is 62.6 Å². The normalized spacial score (nSPS) is 19.8. The molecule has 0 bridgehead atoms. The summed E-state index contributed by atoms with van der Waals surface area (Å²) in [5, 5.41) is 9.62. The van der Waals surface area contributed by atoms with Crippen molar-refractivity contribution in [1.82, 2.24) is 4.90 Å². The predicted octanol–water partition coefficient (Wildman–Crippen LogP) is 5.17. The quantitative estimate of drug-likeness (QED) is 0.428. The van der Waals surface area contributed by atoms with E-state index in [2.05, 4.69) is 6.07 Å². The summed E-state index contributed by atoms with van der Waals surface area (Å²) in [5.41, 5.74) is 2.15. The van der Waals surface area contributed by atoms with Crippen molar-refractivity contribution in [3.63, 3.8) is 0 Å². The van der Waals surface area contributed by atoms with Crippen LogP contribution in [-0.4, -0.2) is 34.4 Å². The SMILES string of the molecule is N#Cc1ccccc1COc1ccc(/C=C2\SC(=S)N(C[C@@H]3CCCO3)C2=O)cc1Cl. The Bertz CT molecular complexity index is 1090. The van der Waals surface area contributed by atoms with E-state index >= 15 is 0 Å². The summed E-state index contributed by atoms with van der Waals surface area (Å²) in [5.74, 6) is 0.410. The number of hydrogen-bond acceptors (Lipinski definition) is 6. The van der Waals surface area contributed by atoms with Crippen molar-refractivity contribution in [2.24, 2.45) is 0 Å². The van der Waals surface area contributed by atoms with Crippen LogP contribution in [-0.2, 0) is 16.1 Å². The molecule has 5 nitrogen and oxygen atoms in total. The van der Waals surface area contributed by atoms with E-state index in [0.717, 1.165) is 30.6 Å². The van der Waals surface area contributed by atoms with Crippen LogP contribution in [0, 0.1) is 11.3 Å². The van der Waals surface area contributed by atoms with Gasteiger partial charge in [-0.1, -0.05) is 59.8 Å². The Balaban J connectivity index is 1.44. The van der Waals surface area contributed by atoms with Gasteiger partial charge in [0.1, 0.15) is 16.7 Å². The van der Waals surface area contributed by atoms with Gasteiger partial charge < -0.3 is 9.47 Å². The van der Waals surface area contributed by atoms with Crippen molar-refractivity contribution in [2.45, 2.75) is 25.6 Å². The van der Waals surface area contributed by atoms with Crippen LogP contribution in [0.2, 0.25) is 5.02 Å². The van der Waals surface area contributed by atoms with E-state index in [1.54, 1.807) is 29.2 Å². The van der Waals surface area contributed by atoms with E-state index in [4.69, 9.17) is 33.3 Å². The lowest BCUT2D eigenvalue weighted by Crippen LogP contribution is -2.35. The van der Waals surface area contributed by atoms with Gasteiger partial charge in [-0.25, -0.2) is 0 Å². The summed E-state index contributed by atoms with van der Waals surface area (Å²) in [6, 6.07) is 14.8. The lowest BCUT2D eigenvalue weighted by atomic mass is 10.1. The summed E-state index contributed by atoms with van der Waals surface area (Å²) >= 11 is 13.1. The molecule has 1 atom stereocenters. The summed E-state index contributed by atoms with van der Waals surface area (Å²) in [4.78, 5) is 15.0. The van der Waals surface area contributed by atoms with Crippen molar-refractivity contribution in [2.75, 3.05) is 13.2 Å². The van der Waals surface area contributed by atoms with Crippen LogP contribution in [0.5, 0.6) is 5.75 Å². The smallest absolute Gasteiger partial charge is 0.266 e. The number of benzene rings is 2. The molecule has 158 valence electrons. The van der Waals surface area contributed by atoms with Crippen molar-refractivity contribution >= 4 is 51.9 Å². The number of ether oxygens (including phenoxy) is 2. The molecule has 2 aliphatic heterocycles. The van der Waals surface area contributed by atoms with Gasteiger partial charge in [0.05, 0.1) is 34.2 Å². The second kappa shape index (κ2) is 9.84. The minimum absolute atomic E-state index is 0.0545. The van der Waals surface area contributed by atoms with Crippen molar-refractivity contribution in [1.29, 1.82) is 5.26 Å². The van der Waals surface area contributed by atoms with E-state index < -0.39 is 0 Å². The molecule has 0 unspecified atom stereocenters. The molecule has 31 heavy (non-hydrogen) atoms. The van der Waals surface area contributed by atoms with Crippen molar-refractivity contribution in [3.8, 4) is 11.8 Å². The van der Waals surface area contributed by atoms with Crippen LogP contribution in [0.3, 0.4) is 0 Å². The number of carbonyl (C=O) groups is 1. The summed E-state index contributed by atoms with van der Waals surface area (Å²) in [7, 11) is 0. The molecule has 0 spiro atoms. The highest BCUT2D eigenvalue weighted by Gasteiger charge is 2.34. The summed E-state index contributed by atoms with van der Waals surface area (Å²) in [6.45, 7) is 1.48. The van der Waals surface area contributed by atoms with Gasteiger partial charge in [0.25, 0.3) is 5.91 Å². The Morgan fingerprint density at radius 3 is 2.94 bits per heavy atom. The zero-order valence-electron chi connectivity index (χ0n) is 16.5. The zero-order valence-corrected chi connectivity index (χ0v) is 18.9. The monoisotopic (exact) mass is 470 g/mol. The molecule has 0 saturated carbocycles. The Morgan fingerprint density at radius 2 is 2.19 bits per heavy atom. The van der Waals surface area contributed by atoms with Crippen LogP contribution in [0.1, 0.15) is 29.5 Å². The maximum atomic E-state index is 12.8. The first-order valence-electron chi connectivity index (χ1n) is 9.82. The standard InChI is InChI=1S/C23H19ClN2O3S2/c24-19-10-15(7-8-20(19)29-14-17-5-2-1-4-16(17)12-25)11-21-22(27)26(23(30)31-21)13-18-6-3-9-28-18/h1-2,4-5,7-8,10-11,18H,3,6,9,13-14H2/b21-11-/t18-/m0/s1. The van der Waals surface area contributed by atoms with Crippen LogP contribution < -0.4 is 4.74 Å². The van der Waals surface area contributed by atoms with Crippen LogP contribution in [0.15, 0.2) is 47.4 Å². The largest absolute Gasteiger partial charge is 0.487 e. The van der Waals surface area contributed by atoms with Gasteiger partial charge in [0.15, 0.2) is 0 Å². The number of hydrogen-bond donors (Lipinski definition) is 0. The van der Waals surface area contributed by atoms with Gasteiger partial charge in [-0.05, 0) is 42.7 Å². The number of nitrogens with zero attached hydrogens (tertiary/aromatic N) is 2. The lowest BCUT2D eigenvalue weighted by molar-refractivity contribution is -0.123. The van der Waals surface area contributed by atoms with Crippen molar-refractivity contribution in [3.05, 3.63) is 69.1 Å². The average molecular weight is 471 g/mol. The third-order valence-electron chi connectivity index (χ3n) is 5.06. The van der Waals surface area contributed by atoms with Crippen LogP contribution in [0.4, 0.5) is 0 Å². The summed E-state index contributed by atoms with van der Waals surface area (Å²) in [6.07, 6.45) is 3.81. The molecule has 2 fully saturated rings. The predicted molar refractivity (Wildman–Crippen MR) is 126 cm³/mol. The minimum Gasteiger partial charge on any atom is -0.487 e. The number of nitriles is 1. The number of thiocarbonyl (C=S) groups is 1. The first kappa shape index (κ1) is 21.8. The van der Waals surface area contributed by atoms with Gasteiger partial charge in [0.2, 0.25) is 0 Å². The van der Waals surface area contributed by atoms with Gasteiger partial charge in [-0.3, -0.25) is 9.69 Å². The molecule has 2 aliphatic rings. The number of carbonyl (C=O) groups excluding carboxylic acids is 1. The molecule has 2 heterocycles. The van der Waals surface area contributed by atoms with Crippen molar-refractivity contribution < 1.29 is 14.3 Å². The maximum absolute atomic E-state index is 12.8. The zero-order chi connectivity index (χ0) is 21.8. The number of thioether (sulfide) groups is 1. The Labute approximate surface area is 195 Å². The molecule has 2 saturated heterocycles. The first-order chi connectivity index (χ1) is 15.0. The van der Waals surface area contributed by atoms with Crippen LogP contribution >= 0.6 is 35.6 Å². The van der Waals surface area contributed by atoms with E-state index in [-0.39, 0.29) is 18.6 Å². The number of halogens is 1. The van der Waals surface area contributed by atoms with Gasteiger partial charge in [-0.15, -0.1) is 0 Å². The molecular weight excluding hydrogens is 452 g/mol. The van der Waals surface area contributed by atoms with E-state index in [0.29, 0.717) is 32.1 Å². The van der Waals surface area contributed by atoms with E-state index in [1.807, 2.05) is 24.3 Å². The first-order valence-corrected chi connectivity index (χ1v) is 11.4. The Morgan fingerprint density at radius 1 is 1.35 bits per heavy atom. The Kier molecular flexibility index (Phi) is 6.93. The van der Waals surface area contributed by atoms with Crippen LogP contribution in [0.25, 0.3) is 6.08 Å². The highest BCUT2D eigenvalue weighted by Crippen LogP contribution is 2.35. The fourth-order valence-electron chi connectivity index (χ4n) is 3.44. The second-order valence-corrected chi connectivity index (χ2v) is 9.26. The molecule has 2 aromatic carbocycles. The molecular formula is C23H19ClN2O3S2. The minimum atomic E-state index is -0.102. The van der Waals surface area contributed by atoms with Gasteiger partial charge >= 0.3 is 0 Å². The van der Waals surface area contributed by atoms with E-state index in [1.165, 1.54) is 11.8 Å². The fourth-order valence-corrected chi connectivity index (χ4v) is 4.95. The molecule has 2 aromatic rings. The van der Waals surface area contributed by atoms with E-state index in [9.17, 15) is 10.1 Å². The molecule has 1 amide bonds. The highest BCUT2D eigenvalue weighted by atomic mass is 35.5. The van der Waals surface area contributed by atoms with Gasteiger partial charge in [0, 0.05) is 12.2 Å². The molecule has 4 rings (SSSR count). The summed E-state index contributed by atoms with van der Waals surface area (Å²) < 4.78 is 12.0. The average Bonchev–Trinajstić information content (AvgIpc) is 3.37. The second-order valence-electron chi connectivity index (χ2n) is 7.17. The third kappa shape index (κ3) is 5.10. The lowest BCUT2D eigenvalue weighted by Gasteiger charge is -2.18. The molecule has 8 heteroatoms. The molecule has 0 N–H and O–H groups in total. The van der Waals surface area contributed by atoms with Gasteiger partial charge in [-0.2, -0.15) is 5.26 Å². The third-order valence-corrected chi connectivity index (χ3v) is 6.73. The molecule has 0 aliphatic carbocycles. The number of rotatable bonds is 6. The fraction of sp³-hybridized carbons (Fsp3) is 0.261. The molecule has 0 radical (unpaired) electrons. The highest BCUT2D eigenvalue weighted by molar-refractivity contribution is 8.26. The Hall–Kier alpha value is -2.37. The molecule has 0 aromatic heterocycles. The number of amides is 1. The maximum Gasteiger partial charge on any atom is 0.266 e.